The van der Waals surface area contributed by atoms with Gasteiger partial charge in [-0.2, -0.15) is 0 Å². The van der Waals surface area contributed by atoms with Crippen LogP contribution in [0.15, 0.2) is 0 Å². The quantitative estimate of drug-likeness (QED) is 0.747. The summed E-state index contributed by atoms with van der Waals surface area (Å²) < 4.78 is 5.75. The van der Waals surface area contributed by atoms with E-state index in [0.717, 1.165) is 19.1 Å². The number of hydrogen-bond donors (Lipinski definition) is 1. The van der Waals surface area contributed by atoms with Gasteiger partial charge in [-0.3, -0.25) is 0 Å². The minimum Gasteiger partial charge on any atom is -0.381 e. The third kappa shape index (κ3) is 4.17. The third-order valence-corrected chi connectivity index (χ3v) is 5.05. The van der Waals surface area contributed by atoms with Gasteiger partial charge >= 0.3 is 0 Å². The van der Waals surface area contributed by atoms with Crippen molar-refractivity contribution in [3.8, 4) is 0 Å². The first-order valence-corrected chi connectivity index (χ1v) is 8.41. The zero-order valence-corrected chi connectivity index (χ0v) is 12.3. The highest BCUT2D eigenvalue weighted by atomic mass is 16.5. The summed E-state index contributed by atoms with van der Waals surface area (Å²) in [4.78, 5) is 2.69. The first-order valence-electron chi connectivity index (χ1n) is 8.41. The molecule has 0 amide bonds. The minimum atomic E-state index is 0.464. The Morgan fingerprint density at radius 3 is 2.79 bits per heavy atom. The molecule has 1 saturated heterocycles. The molecular formula is C16H30N2O. The smallest absolute Gasteiger partial charge is 0.0494 e. The van der Waals surface area contributed by atoms with Crippen molar-refractivity contribution in [2.45, 2.75) is 56.9 Å². The number of rotatable bonds is 6. The van der Waals surface area contributed by atoms with Gasteiger partial charge in [-0.1, -0.05) is 12.8 Å². The van der Waals surface area contributed by atoms with Crippen molar-refractivity contribution in [2.75, 3.05) is 39.4 Å². The summed E-state index contributed by atoms with van der Waals surface area (Å²) in [7, 11) is 0. The van der Waals surface area contributed by atoms with Crippen LogP contribution in [0.25, 0.3) is 0 Å². The number of hydrogen-bond acceptors (Lipinski definition) is 3. The number of nitrogens with zero attached hydrogens (tertiary/aromatic N) is 1. The molecule has 3 fully saturated rings. The molecule has 110 valence electrons. The normalized spacial score (nSPS) is 27.8. The maximum absolute atomic E-state index is 5.75. The van der Waals surface area contributed by atoms with Crippen molar-refractivity contribution in [3.63, 3.8) is 0 Å². The molecule has 2 aliphatic carbocycles. The summed E-state index contributed by atoms with van der Waals surface area (Å²) in [5.74, 6) is 0.907. The van der Waals surface area contributed by atoms with Crippen molar-refractivity contribution >= 4 is 0 Å². The average Bonchev–Trinajstić information content (AvgIpc) is 3.15. The van der Waals surface area contributed by atoms with Crippen LogP contribution in [0.4, 0.5) is 0 Å². The molecule has 0 radical (unpaired) electrons. The second-order valence-electron chi connectivity index (χ2n) is 6.92. The molecule has 1 heterocycles. The summed E-state index contributed by atoms with van der Waals surface area (Å²) in [6, 6.07) is 0. The topological polar surface area (TPSA) is 24.5 Å². The molecule has 3 rings (SSSR count). The Balaban J connectivity index is 1.36. The summed E-state index contributed by atoms with van der Waals surface area (Å²) in [5, 5.41) is 3.84. The molecule has 0 aromatic carbocycles. The monoisotopic (exact) mass is 266 g/mol. The van der Waals surface area contributed by atoms with E-state index in [-0.39, 0.29) is 0 Å². The van der Waals surface area contributed by atoms with Crippen molar-refractivity contribution in [2.24, 2.45) is 5.92 Å². The fraction of sp³-hybridized carbons (Fsp3) is 1.00. The van der Waals surface area contributed by atoms with Crippen LogP contribution in [0.1, 0.15) is 51.4 Å². The molecule has 19 heavy (non-hydrogen) atoms. The summed E-state index contributed by atoms with van der Waals surface area (Å²) in [6.45, 7) is 6.98. The van der Waals surface area contributed by atoms with E-state index >= 15 is 0 Å². The highest BCUT2D eigenvalue weighted by Gasteiger charge is 2.36. The van der Waals surface area contributed by atoms with Crippen LogP contribution in [-0.2, 0) is 4.74 Å². The van der Waals surface area contributed by atoms with Crippen molar-refractivity contribution in [1.29, 1.82) is 0 Å². The molecule has 0 atom stereocenters. The van der Waals surface area contributed by atoms with Gasteiger partial charge in [-0.05, 0) is 57.5 Å². The maximum Gasteiger partial charge on any atom is 0.0494 e. The molecule has 1 N–H and O–H groups in total. The van der Waals surface area contributed by atoms with Crippen LogP contribution in [-0.4, -0.2) is 49.8 Å². The average molecular weight is 266 g/mol. The molecule has 3 heteroatoms. The molecule has 0 aromatic heterocycles. The molecule has 0 bridgehead atoms. The third-order valence-electron chi connectivity index (χ3n) is 5.05. The lowest BCUT2D eigenvalue weighted by Crippen LogP contribution is -2.49. The second kappa shape index (κ2) is 6.55. The summed E-state index contributed by atoms with van der Waals surface area (Å²) in [5.41, 5.74) is 0.464. The Hall–Kier alpha value is -0.120. The van der Waals surface area contributed by atoms with Gasteiger partial charge in [0.05, 0.1) is 0 Å². The maximum atomic E-state index is 5.75. The zero-order valence-electron chi connectivity index (χ0n) is 12.3. The molecule has 0 unspecified atom stereocenters. The van der Waals surface area contributed by atoms with Crippen LogP contribution in [0.3, 0.4) is 0 Å². The molecule has 1 aliphatic heterocycles. The van der Waals surface area contributed by atoms with Crippen LogP contribution >= 0.6 is 0 Å². The Labute approximate surface area is 118 Å². The fourth-order valence-electron chi connectivity index (χ4n) is 3.72. The van der Waals surface area contributed by atoms with Gasteiger partial charge in [0.2, 0.25) is 0 Å². The largest absolute Gasteiger partial charge is 0.381 e. The zero-order chi connectivity index (χ0) is 13.0. The fourth-order valence-corrected chi connectivity index (χ4v) is 3.72. The van der Waals surface area contributed by atoms with Gasteiger partial charge in [0.25, 0.3) is 0 Å². The van der Waals surface area contributed by atoms with Gasteiger partial charge in [-0.15, -0.1) is 0 Å². The lowest BCUT2D eigenvalue weighted by Gasteiger charge is -2.33. The molecule has 2 saturated carbocycles. The summed E-state index contributed by atoms with van der Waals surface area (Å²) in [6.07, 6.45) is 11.0. The highest BCUT2D eigenvalue weighted by molar-refractivity contribution is 4.96. The SMILES string of the molecule is C1CNC2(CCCC2)CN(CCCOCC2CC2)C1. The molecule has 3 nitrogen and oxygen atoms in total. The van der Waals surface area contributed by atoms with Gasteiger partial charge < -0.3 is 15.0 Å². The Bertz CT molecular complexity index is 272. The van der Waals surface area contributed by atoms with Crippen LogP contribution in [0.5, 0.6) is 0 Å². The highest BCUT2D eigenvalue weighted by Crippen LogP contribution is 2.31. The van der Waals surface area contributed by atoms with Crippen LogP contribution in [0.2, 0.25) is 0 Å². The van der Waals surface area contributed by atoms with E-state index in [1.54, 1.807) is 0 Å². The first kappa shape index (κ1) is 13.8. The van der Waals surface area contributed by atoms with E-state index in [4.69, 9.17) is 4.74 Å². The Morgan fingerprint density at radius 2 is 2.00 bits per heavy atom. The predicted octanol–water partition coefficient (Wildman–Crippen LogP) is 2.41. The number of nitrogens with one attached hydrogen (secondary N) is 1. The van der Waals surface area contributed by atoms with E-state index in [0.29, 0.717) is 5.54 Å². The van der Waals surface area contributed by atoms with Crippen molar-refractivity contribution in [3.05, 3.63) is 0 Å². The molecule has 1 spiro atoms. The van der Waals surface area contributed by atoms with Gasteiger partial charge in [0.1, 0.15) is 0 Å². The standard InChI is InChI=1S/C16H30N2O/c1-2-8-16(7-1)14-18(10-3-9-17-16)11-4-12-19-13-15-5-6-15/h15,17H,1-14H2. The molecule has 3 aliphatic rings. The van der Waals surface area contributed by atoms with Crippen LogP contribution < -0.4 is 5.32 Å². The first-order chi connectivity index (χ1) is 9.36. The molecule has 0 aromatic rings. The van der Waals surface area contributed by atoms with Gasteiger partial charge in [0.15, 0.2) is 0 Å². The lowest BCUT2D eigenvalue weighted by atomic mass is 9.97. The van der Waals surface area contributed by atoms with Crippen LogP contribution in [0, 0.1) is 5.92 Å². The second-order valence-corrected chi connectivity index (χ2v) is 6.92. The summed E-state index contributed by atoms with van der Waals surface area (Å²) >= 11 is 0. The van der Waals surface area contributed by atoms with E-state index in [1.165, 1.54) is 77.5 Å². The van der Waals surface area contributed by atoms with E-state index in [2.05, 4.69) is 10.2 Å². The minimum absolute atomic E-state index is 0.464. The lowest BCUT2D eigenvalue weighted by molar-refractivity contribution is 0.108. The van der Waals surface area contributed by atoms with Crippen molar-refractivity contribution < 1.29 is 4.74 Å². The van der Waals surface area contributed by atoms with E-state index in [1.807, 2.05) is 0 Å². The van der Waals surface area contributed by atoms with Gasteiger partial charge in [-0.25, -0.2) is 0 Å². The molecular weight excluding hydrogens is 236 g/mol. The Morgan fingerprint density at radius 1 is 1.16 bits per heavy atom. The number of ether oxygens (including phenoxy) is 1. The Kier molecular flexibility index (Phi) is 4.78. The van der Waals surface area contributed by atoms with Gasteiger partial charge in [0, 0.05) is 31.8 Å². The van der Waals surface area contributed by atoms with E-state index < -0.39 is 0 Å². The predicted molar refractivity (Wildman–Crippen MR) is 78.4 cm³/mol. The van der Waals surface area contributed by atoms with E-state index in [9.17, 15) is 0 Å². The van der Waals surface area contributed by atoms with Crippen molar-refractivity contribution in [1.82, 2.24) is 10.2 Å².